The van der Waals surface area contributed by atoms with E-state index in [9.17, 15) is 0 Å². The van der Waals surface area contributed by atoms with Gasteiger partial charge in [-0.2, -0.15) is 5.26 Å². The van der Waals surface area contributed by atoms with Gasteiger partial charge in [-0.1, -0.05) is 49.0 Å². The van der Waals surface area contributed by atoms with Crippen LogP contribution in [0.25, 0.3) is 16.6 Å². The predicted molar refractivity (Wildman–Crippen MR) is 163 cm³/mol. The summed E-state index contributed by atoms with van der Waals surface area (Å²) >= 11 is 0. The topological polar surface area (TPSA) is 47.2 Å². The van der Waals surface area contributed by atoms with Crippen molar-refractivity contribution in [1.29, 1.82) is 5.26 Å². The number of nitrogens with one attached hydrogen (secondary N) is 1. The summed E-state index contributed by atoms with van der Waals surface area (Å²) in [5.41, 5.74) is 5.77. The summed E-state index contributed by atoms with van der Waals surface area (Å²) in [4.78, 5) is 4.79. The number of aromatic nitrogens is 1. The Labute approximate surface area is 239 Å². The van der Waals surface area contributed by atoms with Gasteiger partial charge in [-0.25, -0.2) is 4.39 Å². The summed E-state index contributed by atoms with van der Waals surface area (Å²) in [7, 11) is 0. The van der Waals surface area contributed by atoms with E-state index in [0.717, 1.165) is 57.5 Å². The highest BCUT2D eigenvalue weighted by Crippen LogP contribution is 2.33. The lowest BCUT2D eigenvalue weighted by molar-refractivity contribution is 0.00673. The van der Waals surface area contributed by atoms with Crippen LogP contribution in [0.3, 0.4) is 0 Å². The van der Waals surface area contributed by atoms with Crippen LogP contribution in [-0.4, -0.2) is 58.8 Å². The van der Waals surface area contributed by atoms with Gasteiger partial charge < -0.3 is 14.4 Å². The molecule has 0 saturated carbocycles. The average Bonchev–Trinajstić information content (AvgIpc) is 3.20. The van der Waals surface area contributed by atoms with E-state index in [1.54, 1.807) is 0 Å². The van der Waals surface area contributed by atoms with Crippen LogP contribution in [0.15, 0.2) is 55.1 Å². The van der Waals surface area contributed by atoms with Crippen LogP contribution in [0.2, 0.25) is 0 Å². The maximum Gasteiger partial charge on any atom is 0.181 e. The Morgan fingerprint density at radius 1 is 1.07 bits per heavy atom. The van der Waals surface area contributed by atoms with Crippen molar-refractivity contribution < 1.29 is 4.39 Å². The highest BCUT2D eigenvalue weighted by Gasteiger charge is 2.37. The first-order chi connectivity index (χ1) is 19.3. The Hall–Kier alpha value is -3.14. The zero-order valence-electron chi connectivity index (χ0n) is 24.4. The molecule has 2 aliphatic heterocycles. The molecule has 0 unspecified atom stereocenters. The molecule has 6 heteroatoms. The maximum absolute atomic E-state index is 15.7. The first-order valence-corrected chi connectivity index (χ1v) is 14.9. The summed E-state index contributed by atoms with van der Waals surface area (Å²) < 4.78 is 18.2. The van der Waals surface area contributed by atoms with E-state index in [0.29, 0.717) is 37.0 Å². The summed E-state index contributed by atoms with van der Waals surface area (Å²) in [6, 6.07) is 17.6. The number of nitrogens with zero attached hydrogens (tertiary/aromatic N) is 4. The lowest BCUT2D eigenvalue weighted by Crippen LogP contribution is -2.51. The Morgan fingerprint density at radius 2 is 1.75 bits per heavy atom. The summed E-state index contributed by atoms with van der Waals surface area (Å²) in [5.74, 6) is 0.606. The predicted octanol–water partition coefficient (Wildman–Crippen LogP) is 6.51. The molecule has 0 amide bonds. The van der Waals surface area contributed by atoms with E-state index in [1.165, 1.54) is 27.7 Å². The SMILES string of the molecule is C=C(NC#N)c1ccc(Cc2c(C)n(CC3CCN(CC4(F)CCN(C(C)C)CC4)CC3)c3ccccc23)cc1. The number of fused-ring (bicyclic) bond motifs is 1. The van der Waals surface area contributed by atoms with Gasteiger partial charge in [-0.15, -0.1) is 0 Å². The van der Waals surface area contributed by atoms with E-state index in [2.05, 4.69) is 83.4 Å². The quantitative estimate of drug-likeness (QED) is 0.248. The Kier molecular flexibility index (Phi) is 8.63. The van der Waals surface area contributed by atoms with Gasteiger partial charge in [0.05, 0.1) is 0 Å². The second-order valence-electron chi connectivity index (χ2n) is 12.3. The number of likely N-dealkylation sites (tertiary alicyclic amines) is 2. The van der Waals surface area contributed by atoms with Crippen molar-refractivity contribution in [2.24, 2.45) is 5.92 Å². The van der Waals surface area contributed by atoms with E-state index in [4.69, 9.17) is 5.26 Å². The molecule has 1 aromatic heterocycles. The van der Waals surface area contributed by atoms with E-state index >= 15 is 4.39 Å². The number of benzene rings is 2. The van der Waals surface area contributed by atoms with E-state index in [1.807, 2.05) is 18.3 Å². The van der Waals surface area contributed by atoms with E-state index in [-0.39, 0.29) is 0 Å². The second-order valence-corrected chi connectivity index (χ2v) is 12.3. The zero-order valence-corrected chi connectivity index (χ0v) is 24.4. The fraction of sp³-hybridized carbons (Fsp3) is 0.500. The zero-order chi connectivity index (χ0) is 28.3. The molecule has 0 aliphatic carbocycles. The third kappa shape index (κ3) is 6.27. The molecular weight excluding hydrogens is 497 g/mol. The first kappa shape index (κ1) is 28.4. The number of alkyl halides is 1. The van der Waals surface area contributed by atoms with Gasteiger partial charge in [0.1, 0.15) is 5.67 Å². The standard InChI is InChI=1S/C34H44FN5/c1-25(2)39-19-15-34(35,16-20-39)23-38-17-13-29(14-18-38)22-40-27(4)32(31-7-5-6-8-33(31)40)21-28-9-11-30(12-10-28)26(3)37-24-36/h5-12,25,29,37H,3,13-23H2,1-2,4H3. The molecule has 0 spiro atoms. The van der Waals surface area contributed by atoms with Crippen molar-refractivity contribution in [3.05, 3.63) is 77.5 Å². The molecule has 0 atom stereocenters. The average molecular weight is 542 g/mol. The highest BCUT2D eigenvalue weighted by atomic mass is 19.1. The minimum Gasteiger partial charge on any atom is -0.344 e. The maximum atomic E-state index is 15.7. The number of piperidine rings is 2. The molecule has 2 aromatic carbocycles. The van der Waals surface area contributed by atoms with Crippen molar-refractivity contribution in [2.45, 2.75) is 71.1 Å². The number of rotatable bonds is 9. The molecule has 5 nitrogen and oxygen atoms in total. The lowest BCUT2D eigenvalue weighted by atomic mass is 9.90. The lowest BCUT2D eigenvalue weighted by Gasteiger charge is -2.42. The summed E-state index contributed by atoms with van der Waals surface area (Å²) in [5, 5.41) is 12.8. The van der Waals surface area contributed by atoms with Crippen molar-refractivity contribution in [1.82, 2.24) is 19.7 Å². The molecule has 5 rings (SSSR count). The molecule has 3 aromatic rings. The highest BCUT2D eigenvalue weighted by molar-refractivity contribution is 5.86. The van der Waals surface area contributed by atoms with Gasteiger partial charge in [0, 0.05) is 54.5 Å². The van der Waals surface area contributed by atoms with Crippen LogP contribution >= 0.6 is 0 Å². The normalized spacial score (nSPS) is 18.7. The Bertz CT molecular complexity index is 1350. The Morgan fingerprint density at radius 3 is 2.40 bits per heavy atom. The van der Waals surface area contributed by atoms with Gasteiger partial charge in [0.2, 0.25) is 0 Å². The van der Waals surface area contributed by atoms with Gasteiger partial charge >= 0.3 is 0 Å². The van der Waals surface area contributed by atoms with Crippen LogP contribution in [0.1, 0.15) is 61.9 Å². The van der Waals surface area contributed by atoms with Gasteiger partial charge in [-0.05, 0) is 94.6 Å². The third-order valence-electron chi connectivity index (χ3n) is 9.33. The largest absolute Gasteiger partial charge is 0.344 e. The molecule has 1 N–H and O–H groups in total. The fourth-order valence-corrected chi connectivity index (χ4v) is 6.71. The van der Waals surface area contributed by atoms with Crippen LogP contribution in [-0.2, 0) is 13.0 Å². The summed E-state index contributed by atoms with van der Waals surface area (Å²) in [6.45, 7) is 16.0. The summed E-state index contributed by atoms with van der Waals surface area (Å²) in [6.07, 6.45) is 6.37. The number of hydrogen-bond donors (Lipinski definition) is 1. The molecule has 2 fully saturated rings. The Balaban J connectivity index is 1.23. The number of hydrogen-bond acceptors (Lipinski definition) is 4. The monoisotopic (exact) mass is 541 g/mol. The number of halogens is 1. The van der Waals surface area contributed by atoms with Gasteiger partial charge in [-0.3, -0.25) is 5.32 Å². The van der Waals surface area contributed by atoms with Crippen molar-refractivity contribution >= 4 is 16.6 Å². The minimum atomic E-state index is -1.03. The van der Waals surface area contributed by atoms with Crippen molar-refractivity contribution in [3.8, 4) is 6.19 Å². The molecular formula is C34H44FN5. The molecule has 3 heterocycles. The van der Waals surface area contributed by atoms with E-state index < -0.39 is 5.67 Å². The molecule has 40 heavy (non-hydrogen) atoms. The third-order valence-corrected chi connectivity index (χ3v) is 9.33. The van der Waals surface area contributed by atoms with Crippen LogP contribution in [0.4, 0.5) is 4.39 Å². The number of nitriles is 1. The van der Waals surface area contributed by atoms with Gasteiger partial charge in [0.15, 0.2) is 6.19 Å². The minimum absolute atomic E-state index is 0.507. The fourth-order valence-electron chi connectivity index (χ4n) is 6.71. The molecule has 0 bridgehead atoms. The molecule has 2 aliphatic rings. The van der Waals surface area contributed by atoms with Gasteiger partial charge in [0.25, 0.3) is 0 Å². The molecule has 2 saturated heterocycles. The smallest absolute Gasteiger partial charge is 0.181 e. The molecule has 0 radical (unpaired) electrons. The van der Waals surface area contributed by atoms with Crippen molar-refractivity contribution in [2.75, 3.05) is 32.7 Å². The molecule has 212 valence electrons. The first-order valence-electron chi connectivity index (χ1n) is 14.9. The number of para-hydroxylation sites is 1. The second kappa shape index (κ2) is 12.2. The van der Waals surface area contributed by atoms with Crippen molar-refractivity contribution in [3.63, 3.8) is 0 Å². The van der Waals surface area contributed by atoms with Crippen LogP contribution in [0.5, 0.6) is 0 Å². The van der Waals surface area contributed by atoms with Crippen LogP contribution < -0.4 is 5.32 Å². The van der Waals surface area contributed by atoms with Crippen LogP contribution in [0, 0.1) is 24.3 Å².